The Balaban J connectivity index is 1.77. The van der Waals surface area contributed by atoms with E-state index >= 15 is 0 Å². The summed E-state index contributed by atoms with van der Waals surface area (Å²) in [5.41, 5.74) is 1.05. The van der Waals surface area contributed by atoms with Crippen LogP contribution >= 0.6 is 11.6 Å². The van der Waals surface area contributed by atoms with Gasteiger partial charge in [-0.25, -0.2) is 9.97 Å². The van der Waals surface area contributed by atoms with Gasteiger partial charge in [0, 0.05) is 43.0 Å². The summed E-state index contributed by atoms with van der Waals surface area (Å²) in [6.07, 6.45) is 0. The zero-order valence-corrected chi connectivity index (χ0v) is 14.5. The van der Waals surface area contributed by atoms with E-state index in [0.717, 1.165) is 32.0 Å². The van der Waals surface area contributed by atoms with E-state index in [1.165, 1.54) is 0 Å². The highest BCUT2D eigenvalue weighted by Gasteiger charge is 2.18. The maximum atomic E-state index is 12.5. The minimum atomic E-state index is -0.252. The number of piperazine rings is 1. The molecule has 1 aromatic heterocycles. The summed E-state index contributed by atoms with van der Waals surface area (Å²) < 4.78 is 0. The molecule has 3 rings (SSSR count). The van der Waals surface area contributed by atoms with Crippen LogP contribution in [0.2, 0.25) is 5.02 Å². The lowest BCUT2D eigenvalue weighted by Gasteiger charge is -2.33. The van der Waals surface area contributed by atoms with E-state index in [1.54, 1.807) is 37.3 Å². The molecule has 24 heavy (non-hydrogen) atoms. The van der Waals surface area contributed by atoms with Crippen molar-refractivity contribution < 1.29 is 4.79 Å². The van der Waals surface area contributed by atoms with E-state index in [9.17, 15) is 4.79 Å². The fourth-order valence-electron chi connectivity index (χ4n) is 2.59. The minimum Gasteiger partial charge on any atom is -0.354 e. The van der Waals surface area contributed by atoms with Gasteiger partial charge in [-0.05, 0) is 38.2 Å². The van der Waals surface area contributed by atoms with Gasteiger partial charge in [0.15, 0.2) is 0 Å². The molecule has 0 saturated carbocycles. The maximum absolute atomic E-state index is 12.5. The maximum Gasteiger partial charge on any atom is 0.274 e. The van der Waals surface area contributed by atoms with E-state index in [-0.39, 0.29) is 5.91 Å². The summed E-state index contributed by atoms with van der Waals surface area (Å²) in [6, 6.07) is 8.74. The fourth-order valence-corrected chi connectivity index (χ4v) is 2.72. The van der Waals surface area contributed by atoms with Crippen molar-refractivity contribution in [2.24, 2.45) is 0 Å². The first-order valence-corrected chi connectivity index (χ1v) is 8.25. The van der Waals surface area contributed by atoms with E-state index in [1.807, 2.05) is 0 Å². The highest BCUT2D eigenvalue weighted by molar-refractivity contribution is 6.30. The molecule has 126 valence electrons. The average Bonchev–Trinajstić information content (AvgIpc) is 2.57. The molecule has 1 aliphatic heterocycles. The van der Waals surface area contributed by atoms with Gasteiger partial charge >= 0.3 is 0 Å². The number of hydrogen-bond acceptors (Lipinski definition) is 5. The van der Waals surface area contributed by atoms with Crippen LogP contribution in [0.25, 0.3) is 0 Å². The third-order valence-corrected chi connectivity index (χ3v) is 4.24. The largest absolute Gasteiger partial charge is 0.354 e. The van der Waals surface area contributed by atoms with E-state index in [2.05, 4.69) is 32.1 Å². The van der Waals surface area contributed by atoms with E-state index in [4.69, 9.17) is 11.6 Å². The Morgan fingerprint density at radius 3 is 2.46 bits per heavy atom. The number of aromatic nitrogens is 2. The molecule has 0 atom stereocenters. The molecule has 1 aromatic carbocycles. The lowest BCUT2D eigenvalue weighted by atomic mass is 10.2. The summed E-state index contributed by atoms with van der Waals surface area (Å²) in [7, 11) is 2.10. The minimum absolute atomic E-state index is 0.252. The molecule has 7 heteroatoms. The van der Waals surface area contributed by atoms with Crippen LogP contribution in [0.4, 0.5) is 11.5 Å². The second kappa shape index (κ2) is 7.15. The van der Waals surface area contributed by atoms with Gasteiger partial charge in [-0.1, -0.05) is 11.6 Å². The number of aryl methyl sites for hydroxylation is 1. The van der Waals surface area contributed by atoms with E-state index < -0.39 is 0 Å². The second-order valence-corrected chi connectivity index (χ2v) is 6.35. The fraction of sp³-hybridized carbons (Fsp3) is 0.353. The molecule has 6 nitrogen and oxygen atoms in total. The van der Waals surface area contributed by atoms with Crippen molar-refractivity contribution in [3.63, 3.8) is 0 Å². The van der Waals surface area contributed by atoms with Crippen LogP contribution in [-0.4, -0.2) is 54.0 Å². The topological polar surface area (TPSA) is 61.4 Å². The van der Waals surface area contributed by atoms with Crippen LogP contribution < -0.4 is 10.2 Å². The molecule has 0 bridgehead atoms. The van der Waals surface area contributed by atoms with Crippen molar-refractivity contribution in [3.8, 4) is 0 Å². The van der Waals surface area contributed by atoms with Crippen molar-refractivity contribution in [2.45, 2.75) is 6.92 Å². The monoisotopic (exact) mass is 345 g/mol. The third kappa shape index (κ3) is 4.01. The van der Waals surface area contributed by atoms with Crippen LogP contribution in [0.5, 0.6) is 0 Å². The zero-order chi connectivity index (χ0) is 17.1. The molecule has 2 heterocycles. The van der Waals surface area contributed by atoms with Crippen molar-refractivity contribution in [1.29, 1.82) is 0 Å². The normalized spacial score (nSPS) is 15.4. The number of nitrogens with zero attached hydrogens (tertiary/aromatic N) is 4. The quantitative estimate of drug-likeness (QED) is 0.925. The molecular weight excluding hydrogens is 326 g/mol. The Labute approximate surface area is 146 Å². The van der Waals surface area contributed by atoms with Gasteiger partial charge in [-0.2, -0.15) is 0 Å². The number of hydrogen-bond donors (Lipinski definition) is 1. The molecule has 1 fully saturated rings. The summed E-state index contributed by atoms with van der Waals surface area (Å²) in [5, 5.41) is 3.46. The van der Waals surface area contributed by atoms with Gasteiger partial charge in [0.2, 0.25) is 0 Å². The molecule has 1 amide bonds. The summed E-state index contributed by atoms with van der Waals surface area (Å²) in [5.74, 6) is 1.14. The van der Waals surface area contributed by atoms with Gasteiger partial charge in [-0.3, -0.25) is 4.79 Å². The number of nitrogens with one attached hydrogen (secondary N) is 1. The molecule has 0 spiro atoms. The van der Waals surface area contributed by atoms with Crippen LogP contribution in [0.3, 0.4) is 0 Å². The molecule has 2 aromatic rings. The first-order valence-electron chi connectivity index (χ1n) is 7.87. The third-order valence-electron chi connectivity index (χ3n) is 3.99. The number of amides is 1. The van der Waals surface area contributed by atoms with Crippen molar-refractivity contribution in [3.05, 3.63) is 46.9 Å². The van der Waals surface area contributed by atoms with Crippen molar-refractivity contribution >= 4 is 29.0 Å². The van der Waals surface area contributed by atoms with Crippen LogP contribution in [0.1, 0.15) is 16.3 Å². The summed E-state index contributed by atoms with van der Waals surface area (Å²) in [4.78, 5) is 25.7. The first-order chi connectivity index (χ1) is 11.5. The Bertz CT molecular complexity index is 726. The Morgan fingerprint density at radius 2 is 1.79 bits per heavy atom. The molecular formula is C17H20ClN5O. The highest BCUT2D eigenvalue weighted by atomic mass is 35.5. The van der Waals surface area contributed by atoms with Gasteiger partial charge in [-0.15, -0.1) is 0 Å². The standard InChI is InChI=1S/C17H20ClN5O/c1-12-19-15(17(24)21-14-5-3-13(18)4-6-14)11-16(20-12)23-9-7-22(2)8-10-23/h3-6,11H,7-10H2,1-2H3,(H,21,24). The molecule has 0 radical (unpaired) electrons. The van der Waals surface area contributed by atoms with Crippen molar-refractivity contribution in [1.82, 2.24) is 14.9 Å². The number of benzene rings is 1. The van der Waals surface area contributed by atoms with Gasteiger partial charge < -0.3 is 15.1 Å². The van der Waals surface area contributed by atoms with Crippen molar-refractivity contribution in [2.75, 3.05) is 43.4 Å². The van der Waals surface area contributed by atoms with Crippen LogP contribution in [0.15, 0.2) is 30.3 Å². The van der Waals surface area contributed by atoms with Crippen LogP contribution in [0, 0.1) is 6.92 Å². The molecule has 0 unspecified atom stereocenters. The lowest BCUT2D eigenvalue weighted by molar-refractivity contribution is 0.102. The number of carbonyl (C=O) groups is 1. The number of rotatable bonds is 3. The Kier molecular flexibility index (Phi) is 4.97. The highest BCUT2D eigenvalue weighted by Crippen LogP contribution is 2.17. The predicted molar refractivity (Wildman–Crippen MR) is 95.9 cm³/mol. The molecule has 1 N–H and O–H groups in total. The first kappa shape index (κ1) is 16.7. The predicted octanol–water partition coefficient (Wildman–Crippen LogP) is 2.44. The number of likely N-dealkylation sites (N-methyl/N-ethyl adjacent to an activating group) is 1. The molecule has 0 aliphatic carbocycles. The van der Waals surface area contributed by atoms with Gasteiger partial charge in [0.1, 0.15) is 17.3 Å². The summed E-state index contributed by atoms with van der Waals surface area (Å²) in [6.45, 7) is 5.56. The van der Waals surface area contributed by atoms with E-state index in [0.29, 0.717) is 22.2 Å². The smallest absolute Gasteiger partial charge is 0.274 e. The SMILES string of the molecule is Cc1nc(C(=O)Nc2ccc(Cl)cc2)cc(N2CCN(C)CC2)n1. The second-order valence-electron chi connectivity index (χ2n) is 5.91. The van der Waals surface area contributed by atoms with Crippen LogP contribution in [-0.2, 0) is 0 Å². The number of halogens is 1. The molecule has 1 saturated heterocycles. The zero-order valence-electron chi connectivity index (χ0n) is 13.8. The Hall–Kier alpha value is -2.18. The lowest BCUT2D eigenvalue weighted by Crippen LogP contribution is -2.45. The summed E-state index contributed by atoms with van der Waals surface area (Å²) >= 11 is 5.86. The van der Waals surface area contributed by atoms with Gasteiger partial charge in [0.25, 0.3) is 5.91 Å². The average molecular weight is 346 g/mol. The number of carbonyl (C=O) groups excluding carboxylic acids is 1. The molecule has 1 aliphatic rings. The van der Waals surface area contributed by atoms with Gasteiger partial charge in [0.05, 0.1) is 0 Å². The number of anilines is 2. The Morgan fingerprint density at radius 1 is 1.12 bits per heavy atom.